The minimum atomic E-state index is -1.03. The fourth-order valence-corrected chi connectivity index (χ4v) is 2.49. The van der Waals surface area contributed by atoms with Crippen molar-refractivity contribution in [1.29, 1.82) is 0 Å². The molecular weight excluding hydrogens is 225 g/mol. The largest absolute Gasteiger partial charge is 0.328 e. The molecule has 90 valence electrons. The fraction of sp³-hybridized carbons (Fsp3) is 0.500. The van der Waals surface area contributed by atoms with E-state index in [2.05, 4.69) is 0 Å². The SMILES string of the molecule is CCC(N)CCCS(=O)c1ccc(F)cc1. The van der Waals surface area contributed by atoms with Crippen LogP contribution in [0.1, 0.15) is 26.2 Å². The Labute approximate surface area is 98.5 Å². The van der Waals surface area contributed by atoms with E-state index in [1.807, 2.05) is 6.92 Å². The fourth-order valence-electron chi connectivity index (χ4n) is 1.38. The Morgan fingerprint density at radius 1 is 1.38 bits per heavy atom. The summed E-state index contributed by atoms with van der Waals surface area (Å²) in [5, 5.41) is 0. The zero-order valence-electron chi connectivity index (χ0n) is 9.49. The first kappa shape index (κ1) is 13.3. The lowest BCUT2D eigenvalue weighted by Crippen LogP contribution is -2.19. The molecule has 0 heterocycles. The summed E-state index contributed by atoms with van der Waals surface area (Å²) in [5.41, 5.74) is 5.77. The van der Waals surface area contributed by atoms with Gasteiger partial charge in [-0.15, -0.1) is 0 Å². The first-order valence-electron chi connectivity index (χ1n) is 5.53. The molecule has 0 spiro atoms. The van der Waals surface area contributed by atoms with Crippen molar-refractivity contribution in [2.75, 3.05) is 5.75 Å². The van der Waals surface area contributed by atoms with Crippen LogP contribution in [0.5, 0.6) is 0 Å². The Balaban J connectivity index is 2.38. The van der Waals surface area contributed by atoms with E-state index >= 15 is 0 Å². The van der Waals surface area contributed by atoms with Crippen molar-refractivity contribution < 1.29 is 8.60 Å². The number of halogens is 1. The predicted molar refractivity (Wildman–Crippen MR) is 65.2 cm³/mol. The van der Waals surface area contributed by atoms with Crippen molar-refractivity contribution >= 4 is 10.8 Å². The van der Waals surface area contributed by atoms with Crippen molar-refractivity contribution in [2.45, 2.75) is 37.1 Å². The topological polar surface area (TPSA) is 43.1 Å². The van der Waals surface area contributed by atoms with Crippen molar-refractivity contribution in [1.82, 2.24) is 0 Å². The van der Waals surface area contributed by atoms with E-state index in [1.165, 1.54) is 12.1 Å². The zero-order chi connectivity index (χ0) is 12.0. The Bertz CT molecular complexity index is 339. The normalized spacial score (nSPS) is 14.7. The van der Waals surface area contributed by atoms with Crippen LogP contribution in [0.25, 0.3) is 0 Å². The molecule has 2 atom stereocenters. The van der Waals surface area contributed by atoms with E-state index in [9.17, 15) is 8.60 Å². The molecule has 0 aromatic heterocycles. The highest BCUT2D eigenvalue weighted by molar-refractivity contribution is 7.85. The maximum Gasteiger partial charge on any atom is 0.123 e. The minimum Gasteiger partial charge on any atom is -0.328 e. The van der Waals surface area contributed by atoms with Gasteiger partial charge in [0.2, 0.25) is 0 Å². The molecular formula is C12H18FNOS. The number of benzene rings is 1. The average molecular weight is 243 g/mol. The third-order valence-electron chi connectivity index (χ3n) is 2.51. The van der Waals surface area contributed by atoms with Gasteiger partial charge in [-0.2, -0.15) is 0 Å². The zero-order valence-corrected chi connectivity index (χ0v) is 10.3. The van der Waals surface area contributed by atoms with Crippen LogP contribution in [-0.4, -0.2) is 16.0 Å². The molecule has 0 fully saturated rings. The van der Waals surface area contributed by atoms with Crippen LogP contribution >= 0.6 is 0 Å². The number of nitrogens with two attached hydrogens (primary N) is 1. The van der Waals surface area contributed by atoms with Gasteiger partial charge in [-0.1, -0.05) is 6.92 Å². The van der Waals surface area contributed by atoms with Crippen LogP contribution in [0.15, 0.2) is 29.2 Å². The molecule has 1 aromatic carbocycles. The second kappa shape index (κ2) is 6.76. The smallest absolute Gasteiger partial charge is 0.123 e. The summed E-state index contributed by atoms with van der Waals surface area (Å²) in [6.45, 7) is 2.04. The van der Waals surface area contributed by atoms with Gasteiger partial charge in [0.25, 0.3) is 0 Å². The van der Waals surface area contributed by atoms with Gasteiger partial charge in [-0.05, 0) is 43.5 Å². The van der Waals surface area contributed by atoms with Crippen LogP contribution in [0.3, 0.4) is 0 Å². The molecule has 0 aliphatic heterocycles. The highest BCUT2D eigenvalue weighted by atomic mass is 32.2. The first-order chi connectivity index (χ1) is 7.63. The summed E-state index contributed by atoms with van der Waals surface area (Å²) in [6.07, 6.45) is 2.69. The number of hydrogen-bond donors (Lipinski definition) is 1. The highest BCUT2D eigenvalue weighted by Gasteiger charge is 2.05. The van der Waals surface area contributed by atoms with Gasteiger partial charge in [-0.25, -0.2) is 4.39 Å². The molecule has 2 unspecified atom stereocenters. The molecule has 0 aliphatic carbocycles. The van der Waals surface area contributed by atoms with Gasteiger partial charge in [0.05, 0.1) is 10.8 Å². The Kier molecular flexibility index (Phi) is 5.63. The van der Waals surface area contributed by atoms with Crippen molar-refractivity contribution in [3.8, 4) is 0 Å². The van der Waals surface area contributed by atoms with Gasteiger partial charge in [0.1, 0.15) is 5.82 Å². The van der Waals surface area contributed by atoms with Gasteiger partial charge in [-0.3, -0.25) is 4.21 Å². The third-order valence-corrected chi connectivity index (χ3v) is 3.96. The molecule has 0 saturated heterocycles. The monoisotopic (exact) mass is 243 g/mol. The molecule has 1 rings (SSSR count). The van der Waals surface area contributed by atoms with Crippen molar-refractivity contribution in [3.63, 3.8) is 0 Å². The van der Waals surface area contributed by atoms with Crippen LogP contribution in [0, 0.1) is 5.82 Å². The molecule has 0 saturated carbocycles. The minimum absolute atomic E-state index is 0.199. The van der Waals surface area contributed by atoms with Crippen LogP contribution < -0.4 is 5.73 Å². The average Bonchev–Trinajstić information content (AvgIpc) is 2.29. The summed E-state index contributed by atoms with van der Waals surface area (Å²) in [5.74, 6) is 0.299. The second-order valence-electron chi connectivity index (χ2n) is 3.81. The standard InChI is InChI=1S/C12H18FNOS/c1-2-11(14)4-3-9-16(15)12-7-5-10(13)6-8-12/h5-8,11H,2-4,9,14H2,1H3. The van der Waals surface area contributed by atoms with Crippen molar-refractivity contribution in [2.24, 2.45) is 5.73 Å². The molecule has 0 aliphatic rings. The van der Waals surface area contributed by atoms with Gasteiger partial charge >= 0.3 is 0 Å². The van der Waals surface area contributed by atoms with Crippen LogP contribution in [0.2, 0.25) is 0 Å². The number of rotatable bonds is 6. The van der Waals surface area contributed by atoms with Crippen LogP contribution in [0.4, 0.5) is 4.39 Å². The number of hydrogen-bond acceptors (Lipinski definition) is 2. The lowest BCUT2D eigenvalue weighted by molar-refractivity contribution is 0.586. The molecule has 2 N–H and O–H groups in total. The Morgan fingerprint density at radius 2 is 2.00 bits per heavy atom. The summed E-state index contributed by atoms with van der Waals surface area (Å²) >= 11 is 0. The Hall–Kier alpha value is -0.740. The quantitative estimate of drug-likeness (QED) is 0.834. The second-order valence-corrected chi connectivity index (χ2v) is 5.38. The van der Waals surface area contributed by atoms with Gasteiger partial charge in [0.15, 0.2) is 0 Å². The van der Waals surface area contributed by atoms with E-state index in [0.717, 1.165) is 19.3 Å². The Morgan fingerprint density at radius 3 is 2.56 bits per heavy atom. The molecule has 0 radical (unpaired) electrons. The van der Waals surface area contributed by atoms with Gasteiger partial charge in [0, 0.05) is 16.7 Å². The van der Waals surface area contributed by atoms with Crippen LogP contribution in [-0.2, 0) is 10.8 Å². The molecule has 0 bridgehead atoms. The third kappa shape index (κ3) is 4.41. The van der Waals surface area contributed by atoms with E-state index in [1.54, 1.807) is 12.1 Å². The van der Waals surface area contributed by atoms with E-state index in [4.69, 9.17) is 5.73 Å². The molecule has 16 heavy (non-hydrogen) atoms. The molecule has 2 nitrogen and oxygen atoms in total. The summed E-state index contributed by atoms with van der Waals surface area (Å²) in [6, 6.07) is 6.03. The van der Waals surface area contributed by atoms with Gasteiger partial charge < -0.3 is 5.73 Å². The van der Waals surface area contributed by atoms with E-state index < -0.39 is 10.8 Å². The molecule has 4 heteroatoms. The summed E-state index contributed by atoms with van der Waals surface area (Å²) in [4.78, 5) is 0.687. The maximum atomic E-state index is 12.6. The summed E-state index contributed by atoms with van der Waals surface area (Å²) < 4.78 is 24.4. The van der Waals surface area contributed by atoms with E-state index in [0.29, 0.717) is 10.6 Å². The lowest BCUT2D eigenvalue weighted by Gasteiger charge is -2.07. The lowest BCUT2D eigenvalue weighted by atomic mass is 10.1. The predicted octanol–water partition coefficient (Wildman–Crippen LogP) is 2.45. The van der Waals surface area contributed by atoms with E-state index in [-0.39, 0.29) is 11.9 Å². The molecule has 0 amide bonds. The summed E-state index contributed by atoms with van der Waals surface area (Å²) in [7, 11) is -1.03. The van der Waals surface area contributed by atoms with Crippen molar-refractivity contribution in [3.05, 3.63) is 30.1 Å². The maximum absolute atomic E-state index is 12.6. The first-order valence-corrected chi connectivity index (χ1v) is 6.85. The molecule has 1 aromatic rings. The highest BCUT2D eigenvalue weighted by Crippen LogP contribution is 2.10.